The Labute approximate surface area is 161 Å². The Bertz CT molecular complexity index is 763. The molecular formula is C23H28N2O2. The standard InChI is InChI=1S/C23H28N2O2/c1-23(2,20-11-7-4-8-12-20)22(27)25-15-13-19(14-16-25)21(26)24-17-18-9-5-3-6-10-18/h3-12,19H,13-17H2,1-2H3,(H,24,26). The van der Waals surface area contributed by atoms with E-state index in [0.717, 1.165) is 24.0 Å². The summed E-state index contributed by atoms with van der Waals surface area (Å²) >= 11 is 0. The maximum Gasteiger partial charge on any atom is 0.232 e. The second kappa shape index (κ2) is 8.38. The topological polar surface area (TPSA) is 49.4 Å². The van der Waals surface area contributed by atoms with Crippen molar-refractivity contribution in [2.75, 3.05) is 13.1 Å². The van der Waals surface area contributed by atoms with Gasteiger partial charge >= 0.3 is 0 Å². The summed E-state index contributed by atoms with van der Waals surface area (Å²) in [5, 5.41) is 3.03. The molecule has 0 spiro atoms. The van der Waals surface area contributed by atoms with E-state index in [-0.39, 0.29) is 17.7 Å². The van der Waals surface area contributed by atoms with Crippen LogP contribution in [0.25, 0.3) is 0 Å². The third-order valence-corrected chi connectivity index (χ3v) is 5.49. The molecule has 0 aliphatic carbocycles. The van der Waals surface area contributed by atoms with Crippen LogP contribution in [0.1, 0.15) is 37.8 Å². The minimum Gasteiger partial charge on any atom is -0.352 e. The van der Waals surface area contributed by atoms with E-state index in [2.05, 4.69) is 5.32 Å². The van der Waals surface area contributed by atoms with Crippen molar-refractivity contribution < 1.29 is 9.59 Å². The zero-order valence-electron chi connectivity index (χ0n) is 16.2. The molecule has 0 atom stereocenters. The maximum absolute atomic E-state index is 13.0. The third-order valence-electron chi connectivity index (χ3n) is 5.49. The highest BCUT2D eigenvalue weighted by atomic mass is 16.2. The summed E-state index contributed by atoms with van der Waals surface area (Å²) in [6, 6.07) is 19.8. The lowest BCUT2D eigenvalue weighted by molar-refractivity contribution is -0.139. The van der Waals surface area contributed by atoms with E-state index in [0.29, 0.717) is 19.6 Å². The largest absolute Gasteiger partial charge is 0.352 e. The molecule has 27 heavy (non-hydrogen) atoms. The van der Waals surface area contributed by atoms with Crippen LogP contribution in [-0.2, 0) is 21.5 Å². The summed E-state index contributed by atoms with van der Waals surface area (Å²) in [5.41, 5.74) is 1.57. The Morgan fingerprint density at radius 1 is 0.963 bits per heavy atom. The van der Waals surface area contributed by atoms with Crippen molar-refractivity contribution in [2.45, 2.75) is 38.6 Å². The van der Waals surface area contributed by atoms with E-state index >= 15 is 0 Å². The molecule has 3 rings (SSSR count). The molecule has 4 heteroatoms. The van der Waals surface area contributed by atoms with Crippen LogP contribution < -0.4 is 5.32 Å². The summed E-state index contributed by atoms with van der Waals surface area (Å²) in [5.74, 6) is 0.211. The second-order valence-electron chi connectivity index (χ2n) is 7.76. The van der Waals surface area contributed by atoms with E-state index in [1.54, 1.807) is 0 Å². The number of hydrogen-bond acceptors (Lipinski definition) is 2. The monoisotopic (exact) mass is 364 g/mol. The van der Waals surface area contributed by atoms with Gasteiger partial charge in [0.1, 0.15) is 0 Å². The van der Waals surface area contributed by atoms with Gasteiger partial charge in [0.05, 0.1) is 5.41 Å². The Morgan fingerprint density at radius 2 is 1.52 bits per heavy atom. The Balaban J connectivity index is 1.52. The zero-order chi connectivity index (χ0) is 19.3. The number of hydrogen-bond donors (Lipinski definition) is 1. The van der Waals surface area contributed by atoms with Crippen molar-refractivity contribution >= 4 is 11.8 Å². The first-order chi connectivity index (χ1) is 13.0. The molecule has 2 aromatic carbocycles. The maximum atomic E-state index is 13.0. The molecule has 4 nitrogen and oxygen atoms in total. The van der Waals surface area contributed by atoms with Crippen LogP contribution in [-0.4, -0.2) is 29.8 Å². The smallest absolute Gasteiger partial charge is 0.232 e. The molecule has 142 valence electrons. The van der Waals surface area contributed by atoms with E-state index < -0.39 is 5.41 Å². The van der Waals surface area contributed by atoms with Gasteiger partial charge in [-0.05, 0) is 37.8 Å². The number of nitrogens with one attached hydrogen (secondary N) is 1. The van der Waals surface area contributed by atoms with Crippen LogP contribution in [0.3, 0.4) is 0 Å². The second-order valence-corrected chi connectivity index (χ2v) is 7.76. The van der Waals surface area contributed by atoms with Crippen molar-refractivity contribution in [1.29, 1.82) is 0 Å². The first kappa shape index (κ1) is 19.2. The van der Waals surface area contributed by atoms with E-state index in [9.17, 15) is 9.59 Å². The minimum atomic E-state index is -0.552. The predicted molar refractivity (Wildman–Crippen MR) is 107 cm³/mol. The molecule has 1 N–H and O–H groups in total. The average molecular weight is 364 g/mol. The summed E-state index contributed by atoms with van der Waals surface area (Å²) in [6.45, 7) is 5.78. The van der Waals surface area contributed by atoms with E-state index in [4.69, 9.17) is 0 Å². The SMILES string of the molecule is CC(C)(C(=O)N1CCC(C(=O)NCc2ccccc2)CC1)c1ccccc1. The highest BCUT2D eigenvalue weighted by molar-refractivity contribution is 5.87. The van der Waals surface area contributed by atoms with Crippen LogP contribution in [0.5, 0.6) is 0 Å². The van der Waals surface area contributed by atoms with Gasteiger partial charge in [-0.2, -0.15) is 0 Å². The van der Waals surface area contributed by atoms with Crippen molar-refractivity contribution in [3.05, 3.63) is 71.8 Å². The van der Waals surface area contributed by atoms with Crippen molar-refractivity contribution in [3.63, 3.8) is 0 Å². The lowest BCUT2D eigenvalue weighted by Crippen LogP contribution is -2.48. The predicted octanol–water partition coefficient (Wildman–Crippen LogP) is 3.52. The molecule has 1 saturated heterocycles. The lowest BCUT2D eigenvalue weighted by Gasteiger charge is -2.36. The average Bonchev–Trinajstić information content (AvgIpc) is 2.73. The van der Waals surface area contributed by atoms with Crippen molar-refractivity contribution in [3.8, 4) is 0 Å². The van der Waals surface area contributed by atoms with E-state index in [1.165, 1.54) is 0 Å². The van der Waals surface area contributed by atoms with Gasteiger partial charge < -0.3 is 10.2 Å². The van der Waals surface area contributed by atoms with Gasteiger partial charge in [0.15, 0.2) is 0 Å². The summed E-state index contributed by atoms with van der Waals surface area (Å²) < 4.78 is 0. The van der Waals surface area contributed by atoms with Gasteiger partial charge in [-0.15, -0.1) is 0 Å². The number of benzene rings is 2. The molecular weight excluding hydrogens is 336 g/mol. The number of rotatable bonds is 5. The fraction of sp³-hybridized carbons (Fsp3) is 0.391. The molecule has 1 aliphatic heterocycles. The van der Waals surface area contributed by atoms with Crippen molar-refractivity contribution in [1.82, 2.24) is 10.2 Å². The normalized spacial score (nSPS) is 15.4. The fourth-order valence-electron chi connectivity index (χ4n) is 3.65. The minimum absolute atomic E-state index is 0.0161. The first-order valence-electron chi connectivity index (χ1n) is 9.65. The van der Waals surface area contributed by atoms with Gasteiger partial charge in [-0.3, -0.25) is 9.59 Å². The van der Waals surface area contributed by atoms with Crippen LogP contribution in [0.15, 0.2) is 60.7 Å². The van der Waals surface area contributed by atoms with Crippen LogP contribution >= 0.6 is 0 Å². The molecule has 1 fully saturated rings. The molecule has 0 bridgehead atoms. The number of carbonyl (C=O) groups is 2. The first-order valence-corrected chi connectivity index (χ1v) is 9.65. The van der Waals surface area contributed by atoms with E-state index in [1.807, 2.05) is 79.4 Å². The van der Waals surface area contributed by atoms with Gasteiger partial charge in [0.25, 0.3) is 0 Å². The lowest BCUT2D eigenvalue weighted by atomic mass is 9.82. The molecule has 1 heterocycles. The van der Waals surface area contributed by atoms with Gasteiger partial charge in [-0.25, -0.2) is 0 Å². The van der Waals surface area contributed by atoms with Gasteiger partial charge in [-0.1, -0.05) is 60.7 Å². The number of piperidine rings is 1. The molecule has 1 aliphatic rings. The van der Waals surface area contributed by atoms with Crippen molar-refractivity contribution in [2.24, 2.45) is 5.92 Å². The Hall–Kier alpha value is -2.62. The quantitative estimate of drug-likeness (QED) is 0.882. The highest BCUT2D eigenvalue weighted by Crippen LogP contribution is 2.28. The molecule has 0 aromatic heterocycles. The Kier molecular flexibility index (Phi) is 5.94. The highest BCUT2D eigenvalue weighted by Gasteiger charge is 2.36. The summed E-state index contributed by atoms with van der Waals surface area (Å²) in [7, 11) is 0. The Morgan fingerprint density at radius 3 is 2.11 bits per heavy atom. The van der Waals surface area contributed by atoms with Gasteiger partial charge in [0, 0.05) is 25.6 Å². The number of nitrogens with zero attached hydrogens (tertiary/aromatic N) is 1. The third kappa shape index (κ3) is 4.57. The van der Waals surface area contributed by atoms with Crippen LogP contribution in [0.4, 0.5) is 0 Å². The molecule has 2 aromatic rings. The zero-order valence-corrected chi connectivity index (χ0v) is 16.2. The number of likely N-dealkylation sites (tertiary alicyclic amines) is 1. The summed E-state index contributed by atoms with van der Waals surface area (Å²) in [6.07, 6.45) is 1.44. The molecule has 0 radical (unpaired) electrons. The van der Waals surface area contributed by atoms with Crippen LogP contribution in [0, 0.1) is 5.92 Å². The molecule has 0 unspecified atom stereocenters. The number of carbonyl (C=O) groups excluding carboxylic acids is 2. The molecule has 0 saturated carbocycles. The summed E-state index contributed by atoms with van der Waals surface area (Å²) in [4.78, 5) is 27.4. The number of amides is 2. The molecule has 2 amide bonds. The van der Waals surface area contributed by atoms with Gasteiger partial charge in [0.2, 0.25) is 11.8 Å². The fourth-order valence-corrected chi connectivity index (χ4v) is 3.65. The van der Waals surface area contributed by atoms with Crippen LogP contribution in [0.2, 0.25) is 0 Å².